The van der Waals surface area contributed by atoms with Crippen LogP contribution in [0.3, 0.4) is 0 Å². The van der Waals surface area contributed by atoms with Crippen molar-refractivity contribution in [1.29, 1.82) is 0 Å². The van der Waals surface area contributed by atoms with E-state index in [0.29, 0.717) is 28.5 Å². The summed E-state index contributed by atoms with van der Waals surface area (Å²) in [5, 5.41) is 8.11. The maximum absolute atomic E-state index is 13.5. The van der Waals surface area contributed by atoms with Crippen LogP contribution >= 0.6 is 11.6 Å². The van der Waals surface area contributed by atoms with Crippen molar-refractivity contribution in [3.63, 3.8) is 0 Å². The minimum Gasteiger partial charge on any atom is -0.358 e. The molecule has 0 aliphatic rings. The topological polar surface area (TPSA) is 106 Å². The van der Waals surface area contributed by atoms with Crippen LogP contribution in [0.15, 0.2) is 54.0 Å². The highest BCUT2D eigenvalue weighted by Gasteiger charge is 2.21. The lowest BCUT2D eigenvalue weighted by atomic mass is 10.2. The number of halogens is 2. The number of H-pyrrole nitrogens is 1. The first-order chi connectivity index (χ1) is 14.5. The predicted octanol–water partition coefficient (Wildman–Crippen LogP) is 3.12. The van der Waals surface area contributed by atoms with Crippen LogP contribution in [0, 0.1) is 5.82 Å². The smallest absolute Gasteiger partial charge is 0.284 e. The lowest BCUT2D eigenvalue weighted by molar-refractivity contribution is 0.625. The number of hydrogen-bond donors (Lipinski definition) is 2. The Balaban J connectivity index is 1.69. The zero-order valence-electron chi connectivity index (χ0n) is 15.5. The second kappa shape index (κ2) is 6.92. The van der Waals surface area contributed by atoms with Gasteiger partial charge < -0.3 is 10.3 Å². The van der Waals surface area contributed by atoms with Gasteiger partial charge in [0.15, 0.2) is 17.3 Å². The molecule has 150 valence electrons. The quantitative estimate of drug-likeness (QED) is 0.459. The van der Waals surface area contributed by atoms with Gasteiger partial charge in [-0.25, -0.2) is 23.9 Å². The molecule has 5 rings (SSSR count). The van der Waals surface area contributed by atoms with Crippen LogP contribution in [0.1, 0.15) is 18.8 Å². The Labute approximate surface area is 173 Å². The monoisotopic (exact) mass is 424 g/mol. The molecule has 0 fully saturated rings. The highest BCUT2D eigenvalue weighted by molar-refractivity contribution is 6.33. The first kappa shape index (κ1) is 18.3. The molecule has 0 saturated carbocycles. The summed E-state index contributed by atoms with van der Waals surface area (Å²) in [5.41, 5.74) is 1.47. The molecule has 9 nitrogen and oxygen atoms in total. The lowest BCUT2D eigenvalue weighted by Gasteiger charge is -2.19. The van der Waals surface area contributed by atoms with Gasteiger partial charge in [-0.15, -0.1) is 0 Å². The number of imidazole rings is 1. The van der Waals surface area contributed by atoms with Crippen molar-refractivity contribution >= 4 is 34.1 Å². The van der Waals surface area contributed by atoms with E-state index < -0.39 is 11.9 Å². The summed E-state index contributed by atoms with van der Waals surface area (Å²) in [4.78, 5) is 28.8. The van der Waals surface area contributed by atoms with Gasteiger partial charge in [0.25, 0.3) is 5.56 Å². The third-order valence-electron chi connectivity index (χ3n) is 4.71. The summed E-state index contributed by atoms with van der Waals surface area (Å²) in [5.74, 6) is 0.491. The highest BCUT2D eigenvalue weighted by atomic mass is 35.5. The van der Waals surface area contributed by atoms with Crippen molar-refractivity contribution in [2.75, 3.05) is 5.32 Å². The number of aromatic nitrogens is 7. The Hall–Kier alpha value is -3.79. The molecule has 11 heteroatoms. The van der Waals surface area contributed by atoms with E-state index in [0.717, 1.165) is 0 Å². The van der Waals surface area contributed by atoms with Gasteiger partial charge in [-0.3, -0.25) is 9.36 Å². The molecular formula is C19H14ClFN8O. The first-order valence-electron chi connectivity index (χ1n) is 8.99. The number of benzene rings is 1. The molecule has 0 aliphatic heterocycles. The average molecular weight is 425 g/mol. The molecule has 30 heavy (non-hydrogen) atoms. The van der Waals surface area contributed by atoms with Crippen molar-refractivity contribution in [2.45, 2.75) is 13.0 Å². The summed E-state index contributed by atoms with van der Waals surface area (Å²) in [6.45, 7) is 1.84. The minimum atomic E-state index is -0.463. The number of hydrogen-bond acceptors (Lipinski definition) is 6. The summed E-state index contributed by atoms with van der Waals surface area (Å²) < 4.78 is 16.3. The van der Waals surface area contributed by atoms with Crippen molar-refractivity contribution < 1.29 is 4.39 Å². The summed E-state index contributed by atoms with van der Waals surface area (Å²) in [6, 6.07) is 6.73. The fourth-order valence-corrected chi connectivity index (χ4v) is 3.54. The van der Waals surface area contributed by atoms with E-state index in [9.17, 15) is 9.18 Å². The fourth-order valence-electron chi connectivity index (χ4n) is 3.31. The molecule has 5 aromatic rings. The van der Waals surface area contributed by atoms with Crippen LogP contribution in [-0.4, -0.2) is 34.1 Å². The van der Waals surface area contributed by atoms with Gasteiger partial charge in [0, 0.05) is 6.20 Å². The van der Waals surface area contributed by atoms with Crippen LogP contribution in [0.4, 0.5) is 10.2 Å². The van der Waals surface area contributed by atoms with E-state index in [-0.39, 0.29) is 16.1 Å². The number of nitrogens with one attached hydrogen (secondary N) is 2. The van der Waals surface area contributed by atoms with E-state index in [1.54, 1.807) is 12.3 Å². The van der Waals surface area contributed by atoms with Gasteiger partial charge in [0.05, 0.1) is 23.1 Å². The second-order valence-electron chi connectivity index (χ2n) is 6.62. The Morgan fingerprint density at radius 1 is 1.17 bits per heavy atom. The van der Waals surface area contributed by atoms with Gasteiger partial charge in [-0.1, -0.05) is 11.6 Å². The zero-order chi connectivity index (χ0) is 20.8. The van der Waals surface area contributed by atoms with Gasteiger partial charge in [0.1, 0.15) is 23.2 Å². The van der Waals surface area contributed by atoms with Crippen molar-refractivity contribution in [3.05, 3.63) is 76.2 Å². The SMILES string of the molecule is CC(Nc1ncnc2nc[nH]c12)c1nn2ccc(Cl)c2c(=O)n1-c1ccc(F)cc1. The summed E-state index contributed by atoms with van der Waals surface area (Å²) in [6.07, 6.45) is 4.53. The molecule has 1 aromatic carbocycles. The van der Waals surface area contributed by atoms with E-state index in [1.165, 1.54) is 46.0 Å². The third kappa shape index (κ3) is 2.89. The molecule has 0 spiro atoms. The van der Waals surface area contributed by atoms with Gasteiger partial charge in [-0.05, 0) is 37.3 Å². The first-order valence-corrected chi connectivity index (χ1v) is 9.37. The number of rotatable bonds is 4. The summed E-state index contributed by atoms with van der Waals surface area (Å²) >= 11 is 6.20. The van der Waals surface area contributed by atoms with Gasteiger partial charge in [0.2, 0.25) is 0 Å². The molecule has 0 saturated heterocycles. The zero-order valence-corrected chi connectivity index (χ0v) is 16.3. The molecule has 0 aliphatic carbocycles. The predicted molar refractivity (Wildman–Crippen MR) is 109 cm³/mol. The number of anilines is 1. The second-order valence-corrected chi connectivity index (χ2v) is 7.03. The molecule has 4 aromatic heterocycles. The Bertz CT molecular complexity index is 1440. The molecule has 0 amide bonds. The Morgan fingerprint density at radius 3 is 2.77 bits per heavy atom. The summed E-state index contributed by atoms with van der Waals surface area (Å²) in [7, 11) is 0. The van der Waals surface area contributed by atoms with Crippen LogP contribution < -0.4 is 10.9 Å². The van der Waals surface area contributed by atoms with Crippen molar-refractivity contribution in [1.82, 2.24) is 34.1 Å². The van der Waals surface area contributed by atoms with Crippen molar-refractivity contribution in [2.24, 2.45) is 0 Å². The van der Waals surface area contributed by atoms with Crippen LogP contribution in [0.2, 0.25) is 5.02 Å². The van der Waals surface area contributed by atoms with Crippen LogP contribution in [-0.2, 0) is 0 Å². The lowest BCUT2D eigenvalue weighted by Crippen LogP contribution is -2.29. The largest absolute Gasteiger partial charge is 0.358 e. The van der Waals surface area contributed by atoms with Crippen LogP contribution in [0.5, 0.6) is 0 Å². The van der Waals surface area contributed by atoms with Crippen molar-refractivity contribution in [3.8, 4) is 5.69 Å². The Kier molecular flexibility index (Phi) is 4.21. The number of aromatic amines is 1. The average Bonchev–Trinajstić information content (AvgIpc) is 3.36. The normalized spacial score (nSPS) is 12.5. The van der Waals surface area contributed by atoms with E-state index >= 15 is 0 Å². The fraction of sp³-hybridized carbons (Fsp3) is 0.105. The number of fused-ring (bicyclic) bond motifs is 2. The van der Waals surface area contributed by atoms with E-state index in [2.05, 4.69) is 30.4 Å². The molecule has 1 unspecified atom stereocenters. The number of nitrogens with zero attached hydrogens (tertiary/aromatic N) is 6. The highest BCUT2D eigenvalue weighted by Crippen LogP contribution is 2.23. The van der Waals surface area contributed by atoms with Gasteiger partial charge >= 0.3 is 0 Å². The Morgan fingerprint density at radius 2 is 1.97 bits per heavy atom. The van der Waals surface area contributed by atoms with E-state index in [1.807, 2.05) is 6.92 Å². The molecule has 4 heterocycles. The van der Waals surface area contributed by atoms with E-state index in [4.69, 9.17) is 11.6 Å². The third-order valence-corrected chi connectivity index (χ3v) is 5.02. The standard InChI is InChI=1S/C19H14ClFN8O/c1-10(26-17-14-16(23-8-22-14)24-9-25-17)18-27-28-7-6-13(20)15(28)19(30)29(18)12-4-2-11(21)3-5-12/h2-10H,1H3,(H2,22,23,24,25,26). The molecule has 1 atom stereocenters. The maximum Gasteiger partial charge on any atom is 0.284 e. The van der Waals surface area contributed by atoms with Crippen LogP contribution in [0.25, 0.3) is 22.4 Å². The van der Waals surface area contributed by atoms with Gasteiger partial charge in [-0.2, -0.15) is 5.10 Å². The molecular weight excluding hydrogens is 411 g/mol. The molecule has 2 N–H and O–H groups in total. The maximum atomic E-state index is 13.5. The minimum absolute atomic E-state index is 0.231. The molecule has 0 bridgehead atoms. The molecule has 0 radical (unpaired) electrons.